The lowest BCUT2D eigenvalue weighted by Crippen LogP contribution is -2.47. The fraction of sp³-hybridized carbons (Fsp3) is 0.423. The summed E-state index contributed by atoms with van der Waals surface area (Å²) in [6.07, 6.45) is 5.53. The molecule has 4 rings (SSSR count). The van der Waals surface area contributed by atoms with Crippen LogP contribution in [0.25, 0.3) is 11.1 Å². The van der Waals surface area contributed by atoms with Crippen molar-refractivity contribution in [3.8, 4) is 11.1 Å². The average molecular weight is 405 g/mol. The van der Waals surface area contributed by atoms with Crippen molar-refractivity contribution < 1.29 is 9.47 Å². The van der Waals surface area contributed by atoms with Gasteiger partial charge in [-0.1, -0.05) is 83.1 Å². The molecule has 1 aromatic heterocycles. The molecule has 4 nitrogen and oxygen atoms in total. The van der Waals surface area contributed by atoms with Gasteiger partial charge in [0.15, 0.2) is 0 Å². The van der Waals surface area contributed by atoms with Crippen LogP contribution < -0.4 is 0 Å². The Labute approximate surface area is 179 Å². The third-order valence-electron chi connectivity index (χ3n) is 5.75. The first-order valence-corrected chi connectivity index (χ1v) is 10.6. The molecule has 3 aromatic rings. The van der Waals surface area contributed by atoms with E-state index in [4.69, 9.17) is 9.47 Å². The van der Waals surface area contributed by atoms with E-state index in [1.165, 1.54) is 16.7 Å². The summed E-state index contributed by atoms with van der Waals surface area (Å²) in [6, 6.07) is 17.4. The van der Waals surface area contributed by atoms with Gasteiger partial charge in [-0.15, -0.1) is 0 Å². The molecule has 1 aliphatic heterocycles. The zero-order valence-corrected chi connectivity index (χ0v) is 18.7. The van der Waals surface area contributed by atoms with Gasteiger partial charge >= 0.3 is 0 Å². The first-order chi connectivity index (χ1) is 14.2. The fourth-order valence-corrected chi connectivity index (χ4v) is 3.76. The molecular formula is C26H32N2O2. The normalized spacial score (nSPS) is 18.3. The number of ether oxygens (including phenoxy) is 2. The van der Waals surface area contributed by atoms with Crippen LogP contribution in [0.1, 0.15) is 45.7 Å². The van der Waals surface area contributed by atoms with Gasteiger partial charge in [-0.05, 0) is 22.1 Å². The van der Waals surface area contributed by atoms with Crippen molar-refractivity contribution in [2.45, 2.75) is 52.4 Å². The van der Waals surface area contributed by atoms with Crippen LogP contribution in [0.4, 0.5) is 0 Å². The number of hydrogen-bond acceptors (Lipinski definition) is 3. The third kappa shape index (κ3) is 4.35. The van der Waals surface area contributed by atoms with Crippen molar-refractivity contribution in [3.63, 3.8) is 0 Å². The van der Waals surface area contributed by atoms with Crippen LogP contribution in [0.5, 0.6) is 0 Å². The molecule has 2 heterocycles. The van der Waals surface area contributed by atoms with Crippen LogP contribution in [-0.2, 0) is 27.2 Å². The van der Waals surface area contributed by atoms with Crippen molar-refractivity contribution in [2.24, 2.45) is 5.41 Å². The Balaban J connectivity index is 1.61. The Bertz CT molecular complexity index is 955. The highest BCUT2D eigenvalue weighted by Gasteiger charge is 2.42. The van der Waals surface area contributed by atoms with Gasteiger partial charge in [-0.3, -0.25) is 0 Å². The van der Waals surface area contributed by atoms with Gasteiger partial charge in [0.2, 0.25) is 5.79 Å². The van der Waals surface area contributed by atoms with E-state index in [2.05, 4.69) is 88.1 Å². The summed E-state index contributed by atoms with van der Waals surface area (Å²) in [5.41, 5.74) is 4.94. The molecule has 0 aliphatic carbocycles. The second-order valence-electron chi connectivity index (χ2n) is 10.1. The van der Waals surface area contributed by atoms with Crippen molar-refractivity contribution >= 4 is 0 Å². The summed E-state index contributed by atoms with van der Waals surface area (Å²) in [5, 5.41) is 0. The molecule has 0 N–H and O–H groups in total. The summed E-state index contributed by atoms with van der Waals surface area (Å²) < 4.78 is 14.7. The maximum Gasteiger partial charge on any atom is 0.213 e. The zero-order chi connectivity index (χ0) is 21.4. The van der Waals surface area contributed by atoms with E-state index < -0.39 is 5.79 Å². The molecule has 30 heavy (non-hydrogen) atoms. The van der Waals surface area contributed by atoms with Gasteiger partial charge < -0.3 is 14.0 Å². The SMILES string of the molecule is CC1(C)COC(Cn2ccnc2)(c2ccc(-c3ccc(C(C)(C)C)cc3)cc2)OC1. The molecule has 0 bridgehead atoms. The molecule has 158 valence electrons. The smallest absolute Gasteiger partial charge is 0.213 e. The van der Waals surface area contributed by atoms with Crippen LogP contribution in [0, 0.1) is 5.41 Å². The quantitative estimate of drug-likeness (QED) is 0.553. The van der Waals surface area contributed by atoms with Crippen LogP contribution in [0.3, 0.4) is 0 Å². The number of rotatable bonds is 4. The number of benzene rings is 2. The van der Waals surface area contributed by atoms with Crippen LogP contribution in [0.15, 0.2) is 67.3 Å². The first kappa shape index (κ1) is 20.8. The van der Waals surface area contributed by atoms with E-state index in [1.54, 1.807) is 12.5 Å². The summed E-state index contributed by atoms with van der Waals surface area (Å²) in [4.78, 5) is 4.17. The fourth-order valence-electron chi connectivity index (χ4n) is 3.76. The van der Waals surface area contributed by atoms with Gasteiger partial charge in [0.25, 0.3) is 0 Å². The molecule has 0 spiro atoms. The van der Waals surface area contributed by atoms with E-state index in [0.717, 1.165) is 5.56 Å². The monoisotopic (exact) mass is 404 g/mol. The topological polar surface area (TPSA) is 36.3 Å². The minimum Gasteiger partial charge on any atom is -0.344 e. The average Bonchev–Trinajstić information content (AvgIpc) is 3.22. The Hall–Kier alpha value is -2.43. The second kappa shape index (κ2) is 7.68. The number of hydrogen-bond donors (Lipinski definition) is 0. The number of nitrogens with zero attached hydrogens (tertiary/aromatic N) is 2. The Kier molecular flexibility index (Phi) is 5.33. The maximum absolute atomic E-state index is 6.37. The maximum atomic E-state index is 6.37. The van der Waals surface area contributed by atoms with Crippen molar-refractivity contribution in [1.82, 2.24) is 9.55 Å². The van der Waals surface area contributed by atoms with Gasteiger partial charge in [0, 0.05) is 23.4 Å². The standard InChI is InChI=1S/C26H32N2O2/c1-24(2,3)22-10-6-20(7-11-22)21-8-12-23(13-9-21)26(16-28-15-14-27-19-28)29-17-25(4,5)18-30-26/h6-15,19H,16-18H2,1-5H3. The van der Waals surface area contributed by atoms with E-state index in [1.807, 2.05) is 10.8 Å². The first-order valence-electron chi connectivity index (χ1n) is 10.6. The van der Waals surface area contributed by atoms with E-state index >= 15 is 0 Å². The van der Waals surface area contributed by atoms with E-state index in [9.17, 15) is 0 Å². The Morgan fingerprint density at radius 1 is 0.900 bits per heavy atom. The highest BCUT2D eigenvalue weighted by atomic mass is 16.7. The van der Waals surface area contributed by atoms with E-state index in [-0.39, 0.29) is 10.8 Å². The third-order valence-corrected chi connectivity index (χ3v) is 5.75. The number of aromatic nitrogens is 2. The molecule has 1 aliphatic rings. The zero-order valence-electron chi connectivity index (χ0n) is 18.7. The van der Waals surface area contributed by atoms with Gasteiger partial charge in [0.1, 0.15) is 0 Å². The minimum absolute atomic E-state index is 0.00712. The van der Waals surface area contributed by atoms with Crippen LogP contribution >= 0.6 is 0 Å². The lowest BCUT2D eigenvalue weighted by molar-refractivity contribution is -0.314. The summed E-state index contributed by atoms with van der Waals surface area (Å²) in [5.74, 6) is -0.801. The lowest BCUT2D eigenvalue weighted by atomic mass is 9.86. The largest absolute Gasteiger partial charge is 0.344 e. The molecule has 0 radical (unpaired) electrons. The van der Waals surface area contributed by atoms with Crippen LogP contribution in [-0.4, -0.2) is 22.8 Å². The van der Waals surface area contributed by atoms with Crippen molar-refractivity contribution in [3.05, 3.63) is 78.4 Å². The predicted molar refractivity (Wildman–Crippen MR) is 120 cm³/mol. The summed E-state index contributed by atoms with van der Waals surface area (Å²) in [7, 11) is 0. The number of imidazole rings is 1. The molecule has 4 heteroatoms. The van der Waals surface area contributed by atoms with Gasteiger partial charge in [0.05, 0.1) is 26.1 Å². The van der Waals surface area contributed by atoms with E-state index in [0.29, 0.717) is 19.8 Å². The summed E-state index contributed by atoms with van der Waals surface area (Å²) in [6.45, 7) is 12.9. The predicted octanol–water partition coefficient (Wildman–Crippen LogP) is 5.77. The molecule has 0 amide bonds. The van der Waals surface area contributed by atoms with Gasteiger partial charge in [-0.25, -0.2) is 4.98 Å². The highest BCUT2D eigenvalue weighted by Crippen LogP contribution is 2.38. The highest BCUT2D eigenvalue weighted by molar-refractivity contribution is 5.64. The Morgan fingerprint density at radius 2 is 1.47 bits per heavy atom. The van der Waals surface area contributed by atoms with Crippen molar-refractivity contribution in [1.29, 1.82) is 0 Å². The molecule has 0 unspecified atom stereocenters. The van der Waals surface area contributed by atoms with Crippen LogP contribution in [0.2, 0.25) is 0 Å². The summed E-state index contributed by atoms with van der Waals surface area (Å²) >= 11 is 0. The lowest BCUT2D eigenvalue weighted by Gasteiger charge is -2.43. The minimum atomic E-state index is -0.801. The van der Waals surface area contributed by atoms with Crippen molar-refractivity contribution in [2.75, 3.05) is 13.2 Å². The molecular weight excluding hydrogens is 372 g/mol. The molecule has 2 aromatic carbocycles. The molecule has 0 atom stereocenters. The molecule has 1 fully saturated rings. The van der Waals surface area contributed by atoms with Gasteiger partial charge in [-0.2, -0.15) is 0 Å². The second-order valence-corrected chi connectivity index (χ2v) is 10.1. The Morgan fingerprint density at radius 3 is 1.97 bits per heavy atom. The molecule has 1 saturated heterocycles. The molecule has 0 saturated carbocycles.